The van der Waals surface area contributed by atoms with Gasteiger partial charge in [-0.15, -0.1) is 0 Å². The largest absolute Gasteiger partial charge is 0.491 e. The number of carboxylic acids is 1. The molecular formula is C48H44ClFN4O4. The second-order valence-electron chi connectivity index (χ2n) is 13.0. The molecule has 0 radical (unpaired) electrons. The van der Waals surface area contributed by atoms with Crippen molar-refractivity contribution < 1.29 is 24.1 Å². The van der Waals surface area contributed by atoms with Crippen LogP contribution in [0.4, 0.5) is 4.39 Å². The lowest BCUT2D eigenvalue weighted by atomic mass is 10.1. The van der Waals surface area contributed by atoms with Gasteiger partial charge < -0.3 is 19.8 Å². The molecular weight excluding hydrogens is 751 g/mol. The number of hydrogen-bond acceptors (Lipinski definition) is 7. The summed E-state index contributed by atoms with van der Waals surface area (Å²) < 4.78 is 18.8. The molecule has 0 saturated heterocycles. The van der Waals surface area contributed by atoms with Gasteiger partial charge in [0.15, 0.2) is 0 Å². The molecule has 0 aliphatic carbocycles. The minimum atomic E-state index is -1.04. The van der Waals surface area contributed by atoms with Crippen molar-refractivity contribution in [3.63, 3.8) is 0 Å². The maximum absolute atomic E-state index is 12.9. The highest BCUT2D eigenvalue weighted by Gasteiger charge is 2.04. The first-order chi connectivity index (χ1) is 28.0. The smallest absolute Gasteiger partial charge is 0.337 e. The molecule has 294 valence electrons. The number of rotatable bonds is 9. The number of hydrogen-bond donors (Lipinski definition) is 2. The van der Waals surface area contributed by atoms with E-state index in [1.165, 1.54) is 30.5 Å². The first-order valence-electron chi connectivity index (χ1n) is 18.3. The van der Waals surface area contributed by atoms with Crippen LogP contribution in [0.5, 0.6) is 5.75 Å². The second-order valence-corrected chi connectivity index (χ2v) is 13.4. The molecule has 0 atom stereocenters. The number of aryl methyl sites for hydroxylation is 2. The number of ether oxygens (including phenoxy) is 1. The van der Waals surface area contributed by atoms with Crippen molar-refractivity contribution in [1.82, 2.24) is 19.9 Å². The Balaban J connectivity index is 0.000000195. The van der Waals surface area contributed by atoms with Crippen LogP contribution in [0.25, 0.3) is 12.2 Å². The van der Waals surface area contributed by atoms with Crippen molar-refractivity contribution in [3.05, 3.63) is 189 Å². The van der Waals surface area contributed by atoms with Gasteiger partial charge in [-0.3, -0.25) is 0 Å². The number of carboxylic acid groups (broad SMARTS) is 1. The van der Waals surface area contributed by atoms with Crippen molar-refractivity contribution in [3.8, 4) is 29.4 Å². The Labute approximate surface area is 344 Å². The van der Waals surface area contributed by atoms with Gasteiger partial charge in [0.1, 0.15) is 28.6 Å². The SMILES string of the molecule is Cc1ccc(OCCCN(C)C)c(C=Cc2ccc(Cl)cc2)n1.Cc1cccc(C#Cc2cccc(CO)c2)n1.O=C(O)c1ccc(C#Cc2cccc(F)c2)nc1. The molecule has 0 spiro atoms. The lowest BCUT2D eigenvalue weighted by Crippen LogP contribution is -2.15. The van der Waals surface area contributed by atoms with Gasteiger partial charge in [-0.2, -0.15) is 0 Å². The highest BCUT2D eigenvalue weighted by atomic mass is 35.5. The maximum atomic E-state index is 12.9. The summed E-state index contributed by atoms with van der Waals surface area (Å²) >= 11 is 5.91. The molecule has 6 aromatic rings. The second kappa shape index (κ2) is 23.4. The van der Waals surface area contributed by atoms with E-state index in [-0.39, 0.29) is 18.0 Å². The highest BCUT2D eigenvalue weighted by Crippen LogP contribution is 2.21. The molecule has 8 nitrogen and oxygen atoms in total. The zero-order valence-corrected chi connectivity index (χ0v) is 33.5. The maximum Gasteiger partial charge on any atom is 0.337 e. The first-order valence-corrected chi connectivity index (χ1v) is 18.7. The molecule has 3 aromatic carbocycles. The van der Waals surface area contributed by atoms with Crippen LogP contribution in [0.2, 0.25) is 5.02 Å². The van der Waals surface area contributed by atoms with Crippen LogP contribution in [0, 0.1) is 43.3 Å². The summed E-state index contributed by atoms with van der Waals surface area (Å²) in [7, 11) is 4.13. The zero-order valence-electron chi connectivity index (χ0n) is 32.8. The van der Waals surface area contributed by atoms with E-state index in [2.05, 4.69) is 57.6 Å². The van der Waals surface area contributed by atoms with Crippen molar-refractivity contribution in [2.24, 2.45) is 0 Å². The molecule has 0 fully saturated rings. The molecule has 0 bridgehead atoms. The van der Waals surface area contributed by atoms with Gasteiger partial charge in [0, 0.05) is 40.3 Å². The Kier molecular flexibility index (Phi) is 17.8. The number of pyridine rings is 3. The quantitative estimate of drug-likeness (QED) is 0.110. The van der Waals surface area contributed by atoms with Crippen LogP contribution in [-0.4, -0.2) is 63.3 Å². The molecule has 0 unspecified atom stereocenters. The summed E-state index contributed by atoms with van der Waals surface area (Å²) in [6, 6.07) is 33.8. The predicted molar refractivity (Wildman–Crippen MR) is 229 cm³/mol. The third-order valence-corrected chi connectivity index (χ3v) is 8.09. The van der Waals surface area contributed by atoms with E-state index >= 15 is 0 Å². The van der Waals surface area contributed by atoms with Gasteiger partial charge in [0.05, 0.1) is 18.8 Å². The third-order valence-electron chi connectivity index (χ3n) is 7.84. The van der Waals surface area contributed by atoms with Crippen LogP contribution in [-0.2, 0) is 6.61 Å². The molecule has 2 N–H and O–H groups in total. The van der Waals surface area contributed by atoms with E-state index in [0.29, 0.717) is 17.9 Å². The van der Waals surface area contributed by atoms with Gasteiger partial charge >= 0.3 is 5.97 Å². The normalized spacial score (nSPS) is 10.2. The van der Waals surface area contributed by atoms with E-state index in [1.807, 2.05) is 105 Å². The van der Waals surface area contributed by atoms with Crippen molar-refractivity contribution in [2.45, 2.75) is 26.9 Å². The molecule has 3 heterocycles. The standard InChI is InChI=1S/C19H23ClN2O.C15H13NO.C14H8FNO2/c1-15-5-12-19(23-14-4-13-22(2)3)18(21-15)11-8-16-6-9-17(20)10-7-16;1-12-4-2-7-15(16-12)9-8-13-5-3-6-14(10-13)11-17;15-12-3-1-2-10(8-12)4-6-13-7-5-11(9-16-13)14(17)18/h5-12H,4,13-14H2,1-3H3;2-7,10,17H,11H2,1H3;1-3,5,7-9H,(H,17,18). The Morgan fingerprint density at radius 2 is 1.48 bits per heavy atom. The number of aliphatic hydroxyl groups is 1. The number of aromatic carboxylic acids is 1. The fourth-order valence-corrected chi connectivity index (χ4v) is 5.04. The fourth-order valence-electron chi connectivity index (χ4n) is 4.91. The number of halogens is 2. The Hall–Kier alpha value is -6.62. The van der Waals surface area contributed by atoms with Gasteiger partial charge in [-0.25, -0.2) is 24.1 Å². The fraction of sp³-hybridized carbons (Fsp3) is 0.167. The molecule has 0 aliphatic rings. The number of carbonyl (C=O) groups is 1. The minimum Gasteiger partial charge on any atom is -0.491 e. The summed E-state index contributed by atoms with van der Waals surface area (Å²) in [6.07, 6.45) is 6.22. The van der Waals surface area contributed by atoms with E-state index in [0.717, 1.165) is 63.2 Å². The molecule has 0 aliphatic heterocycles. The molecule has 0 saturated carbocycles. The zero-order chi connectivity index (χ0) is 41.7. The Morgan fingerprint density at radius 1 is 0.793 bits per heavy atom. The van der Waals surface area contributed by atoms with Crippen LogP contribution in [0.1, 0.15) is 67.5 Å². The molecule has 58 heavy (non-hydrogen) atoms. The first kappa shape index (κ1) is 44.1. The van der Waals surface area contributed by atoms with Crippen LogP contribution in [0.3, 0.4) is 0 Å². The third kappa shape index (κ3) is 16.2. The predicted octanol–water partition coefficient (Wildman–Crippen LogP) is 9.15. The lowest BCUT2D eigenvalue weighted by Gasteiger charge is -2.12. The topological polar surface area (TPSA) is 109 Å². The average Bonchev–Trinajstić information content (AvgIpc) is 3.22. The van der Waals surface area contributed by atoms with Gasteiger partial charge in [-0.05, 0) is 142 Å². The molecule has 3 aromatic heterocycles. The monoisotopic (exact) mass is 794 g/mol. The van der Waals surface area contributed by atoms with E-state index in [4.69, 9.17) is 26.6 Å². The Bertz CT molecular complexity index is 2410. The van der Waals surface area contributed by atoms with E-state index in [1.54, 1.807) is 12.1 Å². The van der Waals surface area contributed by atoms with Crippen molar-refractivity contribution in [2.75, 3.05) is 27.2 Å². The summed E-state index contributed by atoms with van der Waals surface area (Å²) in [5.41, 5.74) is 7.46. The molecule has 6 rings (SSSR count). The van der Waals surface area contributed by atoms with Gasteiger partial charge in [-0.1, -0.05) is 65.9 Å². The number of nitrogens with zero attached hydrogens (tertiary/aromatic N) is 4. The summed E-state index contributed by atoms with van der Waals surface area (Å²) in [5.74, 6) is 11.0. The molecule has 0 amide bonds. The van der Waals surface area contributed by atoms with Crippen LogP contribution in [0.15, 0.2) is 121 Å². The van der Waals surface area contributed by atoms with Crippen molar-refractivity contribution >= 4 is 29.7 Å². The lowest BCUT2D eigenvalue weighted by molar-refractivity contribution is 0.0696. The van der Waals surface area contributed by atoms with Gasteiger partial charge in [0.2, 0.25) is 0 Å². The highest BCUT2D eigenvalue weighted by molar-refractivity contribution is 6.30. The van der Waals surface area contributed by atoms with Crippen molar-refractivity contribution in [1.29, 1.82) is 0 Å². The van der Waals surface area contributed by atoms with Crippen LogP contribution >= 0.6 is 11.6 Å². The van der Waals surface area contributed by atoms with Gasteiger partial charge in [0.25, 0.3) is 0 Å². The summed E-state index contributed by atoms with van der Waals surface area (Å²) in [6.45, 7) is 5.66. The summed E-state index contributed by atoms with van der Waals surface area (Å²) in [4.78, 5) is 25.5. The Morgan fingerprint density at radius 3 is 2.14 bits per heavy atom. The number of aliphatic hydroxyl groups excluding tert-OH is 1. The minimum absolute atomic E-state index is 0.0399. The van der Waals surface area contributed by atoms with E-state index in [9.17, 15) is 9.18 Å². The summed E-state index contributed by atoms with van der Waals surface area (Å²) in [5, 5.41) is 18.5. The average molecular weight is 795 g/mol. The molecule has 10 heteroatoms. The van der Waals surface area contributed by atoms with Crippen LogP contribution < -0.4 is 4.74 Å². The number of benzene rings is 3. The number of aromatic nitrogens is 3. The van der Waals surface area contributed by atoms with E-state index < -0.39 is 5.97 Å².